The van der Waals surface area contributed by atoms with E-state index >= 15 is 0 Å². The Morgan fingerprint density at radius 2 is 1.33 bits per heavy atom. The normalized spacial score (nSPS) is 19.6. The average molecular weight is 535 g/mol. The maximum absolute atomic E-state index is 10.1. The second-order valence-corrected chi connectivity index (χ2v) is 9.38. The molecule has 2 aromatic carbocycles. The van der Waals surface area contributed by atoms with Gasteiger partial charge >= 0.3 is 0 Å². The molecule has 0 bridgehead atoms. The monoisotopic (exact) mass is 534 g/mol. The van der Waals surface area contributed by atoms with Crippen LogP contribution in [-0.4, -0.2) is 42.7 Å². The third-order valence-corrected chi connectivity index (χ3v) is 7.00. The van der Waals surface area contributed by atoms with Gasteiger partial charge in [-0.05, 0) is 71.4 Å². The summed E-state index contributed by atoms with van der Waals surface area (Å²) in [5.74, 6) is 3.64. The van der Waals surface area contributed by atoms with E-state index in [0.717, 1.165) is 35.1 Å². The molecule has 39 heavy (non-hydrogen) atoms. The Labute approximate surface area is 229 Å². The molecule has 1 aliphatic heterocycles. The van der Waals surface area contributed by atoms with Crippen molar-refractivity contribution in [1.29, 1.82) is 5.26 Å². The molecule has 1 heterocycles. The molecule has 0 spiro atoms. The van der Waals surface area contributed by atoms with Gasteiger partial charge in [0.05, 0.1) is 42.7 Å². The van der Waals surface area contributed by atoms with Gasteiger partial charge in [0.25, 0.3) is 0 Å². The van der Waals surface area contributed by atoms with Gasteiger partial charge in [0.15, 0.2) is 23.0 Å². The molecule has 2 N–H and O–H groups in total. The highest BCUT2D eigenvalue weighted by Gasteiger charge is 2.38. The molecule has 0 saturated carbocycles. The number of benzene rings is 2. The smallest absolute Gasteiger partial charge is 0.205 e. The lowest BCUT2D eigenvalue weighted by Crippen LogP contribution is -2.26. The third kappa shape index (κ3) is 5.02. The number of hydrogen-bond acceptors (Lipinski definition) is 9. The molecule has 2 aliphatic rings. The number of rotatable bonds is 8. The van der Waals surface area contributed by atoms with E-state index in [1.54, 1.807) is 42.7 Å². The molecule has 0 saturated heterocycles. The van der Waals surface area contributed by atoms with Gasteiger partial charge in [-0.1, -0.05) is 6.92 Å². The van der Waals surface area contributed by atoms with Crippen molar-refractivity contribution in [3.8, 4) is 40.6 Å². The molecule has 2 unspecified atom stereocenters. The van der Waals surface area contributed by atoms with Gasteiger partial charge < -0.3 is 38.9 Å². The zero-order chi connectivity index (χ0) is 28.3. The summed E-state index contributed by atoms with van der Waals surface area (Å²) >= 11 is 0. The van der Waals surface area contributed by atoms with Gasteiger partial charge in [-0.25, -0.2) is 0 Å². The first-order valence-electron chi connectivity index (χ1n) is 12.4. The number of nitrogens with two attached hydrogens (primary N) is 1. The largest absolute Gasteiger partial charge is 0.493 e. The van der Waals surface area contributed by atoms with E-state index < -0.39 is 5.92 Å². The van der Waals surface area contributed by atoms with Crippen LogP contribution in [-0.2, 0) is 4.74 Å². The SMILES string of the molecule is COc1cc(/C=C2\CC(C)CC3=C2OC(N)=C(C#N)C3c2cc(OC)c(OC)c(OC)c2)cc(OC)c1OC. The van der Waals surface area contributed by atoms with Crippen molar-refractivity contribution in [3.63, 3.8) is 0 Å². The van der Waals surface area contributed by atoms with Crippen molar-refractivity contribution in [2.75, 3.05) is 42.7 Å². The number of methoxy groups -OCH3 is 6. The van der Waals surface area contributed by atoms with Crippen LogP contribution in [0.25, 0.3) is 6.08 Å². The molecule has 0 fully saturated rings. The number of allylic oxidation sites excluding steroid dienone is 3. The summed E-state index contributed by atoms with van der Waals surface area (Å²) in [5.41, 5.74) is 10.3. The van der Waals surface area contributed by atoms with Crippen molar-refractivity contribution in [2.24, 2.45) is 11.7 Å². The Hall–Kier alpha value is -4.45. The quantitative estimate of drug-likeness (QED) is 0.481. The Bertz CT molecular complexity index is 1350. The lowest BCUT2D eigenvalue weighted by Gasteiger charge is -2.35. The standard InChI is InChI=1S/C30H34N2O7/c1-16-8-19(10-17-11-22(33-2)28(37-6)23(12-17)34-3)27-20(9-16)26(21(15-31)30(32)39-27)18-13-24(35-4)29(38-7)25(14-18)36-5/h10-14,16,26H,8-9,32H2,1-7H3/b19-10+. The highest BCUT2D eigenvalue weighted by atomic mass is 16.5. The first-order chi connectivity index (χ1) is 18.8. The molecule has 0 amide bonds. The van der Waals surface area contributed by atoms with Crippen LogP contribution in [0, 0.1) is 17.2 Å². The second kappa shape index (κ2) is 11.5. The first kappa shape index (κ1) is 27.6. The highest BCUT2D eigenvalue weighted by Crippen LogP contribution is 2.51. The Kier molecular flexibility index (Phi) is 8.15. The zero-order valence-electron chi connectivity index (χ0n) is 23.3. The number of nitrogens with zero attached hydrogens (tertiary/aromatic N) is 1. The number of nitriles is 1. The van der Waals surface area contributed by atoms with E-state index in [1.165, 1.54) is 0 Å². The summed E-state index contributed by atoms with van der Waals surface area (Å²) < 4.78 is 39.4. The van der Waals surface area contributed by atoms with Gasteiger partial charge in [-0.3, -0.25) is 0 Å². The van der Waals surface area contributed by atoms with E-state index in [9.17, 15) is 5.26 Å². The zero-order valence-corrected chi connectivity index (χ0v) is 23.3. The fourth-order valence-electron chi connectivity index (χ4n) is 5.34. The predicted molar refractivity (Wildman–Crippen MR) is 146 cm³/mol. The van der Waals surface area contributed by atoms with Crippen LogP contribution >= 0.6 is 0 Å². The van der Waals surface area contributed by atoms with Crippen molar-refractivity contribution >= 4 is 6.08 Å². The molecule has 9 heteroatoms. The lowest BCUT2D eigenvalue weighted by molar-refractivity contribution is 0.268. The second-order valence-electron chi connectivity index (χ2n) is 9.38. The van der Waals surface area contributed by atoms with Crippen molar-refractivity contribution in [3.05, 3.63) is 63.8 Å². The Morgan fingerprint density at radius 3 is 1.79 bits per heavy atom. The van der Waals surface area contributed by atoms with Crippen molar-refractivity contribution < 1.29 is 33.2 Å². The van der Waals surface area contributed by atoms with Crippen LogP contribution in [0.15, 0.2) is 52.6 Å². The molecule has 9 nitrogen and oxygen atoms in total. The molecule has 2 atom stereocenters. The van der Waals surface area contributed by atoms with Crippen LogP contribution in [0.3, 0.4) is 0 Å². The number of ether oxygens (including phenoxy) is 7. The molecule has 4 rings (SSSR count). The summed E-state index contributed by atoms with van der Waals surface area (Å²) in [6, 6.07) is 9.75. The number of hydrogen-bond donors (Lipinski definition) is 1. The fraction of sp³-hybridized carbons (Fsp3) is 0.367. The minimum atomic E-state index is -0.446. The van der Waals surface area contributed by atoms with Crippen LogP contribution < -0.4 is 34.2 Å². The predicted octanol–water partition coefficient (Wildman–Crippen LogP) is 5.31. The van der Waals surface area contributed by atoms with Crippen LogP contribution in [0.4, 0.5) is 0 Å². The van der Waals surface area contributed by atoms with Gasteiger partial charge in [0.1, 0.15) is 17.4 Å². The molecule has 1 aliphatic carbocycles. The summed E-state index contributed by atoms with van der Waals surface area (Å²) in [6.07, 6.45) is 3.51. The topological polar surface area (TPSA) is 114 Å². The third-order valence-electron chi connectivity index (χ3n) is 7.00. The van der Waals surface area contributed by atoms with E-state index in [-0.39, 0.29) is 11.8 Å². The van der Waals surface area contributed by atoms with Crippen LogP contribution in [0.1, 0.15) is 36.8 Å². The maximum atomic E-state index is 10.1. The van der Waals surface area contributed by atoms with Gasteiger partial charge in [0.2, 0.25) is 17.4 Å². The van der Waals surface area contributed by atoms with Gasteiger partial charge in [-0.2, -0.15) is 5.26 Å². The van der Waals surface area contributed by atoms with E-state index in [0.29, 0.717) is 45.8 Å². The molecule has 206 valence electrons. The fourth-order valence-corrected chi connectivity index (χ4v) is 5.34. The molecular formula is C30H34N2O7. The maximum Gasteiger partial charge on any atom is 0.205 e. The Morgan fingerprint density at radius 1 is 0.821 bits per heavy atom. The summed E-state index contributed by atoms with van der Waals surface area (Å²) in [4.78, 5) is 0. The summed E-state index contributed by atoms with van der Waals surface area (Å²) in [5, 5.41) is 10.1. The molecular weight excluding hydrogens is 500 g/mol. The van der Waals surface area contributed by atoms with Crippen LogP contribution in [0.2, 0.25) is 0 Å². The van der Waals surface area contributed by atoms with E-state index in [4.69, 9.17) is 38.9 Å². The highest BCUT2D eigenvalue weighted by molar-refractivity contribution is 5.68. The lowest BCUT2D eigenvalue weighted by atomic mass is 9.74. The molecule has 0 radical (unpaired) electrons. The molecule has 0 aromatic heterocycles. The minimum absolute atomic E-state index is 0.0698. The summed E-state index contributed by atoms with van der Waals surface area (Å²) in [6.45, 7) is 2.17. The van der Waals surface area contributed by atoms with Gasteiger partial charge in [0, 0.05) is 5.92 Å². The van der Waals surface area contributed by atoms with Gasteiger partial charge in [-0.15, -0.1) is 0 Å². The minimum Gasteiger partial charge on any atom is -0.493 e. The molecule has 2 aromatic rings. The van der Waals surface area contributed by atoms with E-state index in [1.807, 2.05) is 30.3 Å². The van der Waals surface area contributed by atoms with Crippen molar-refractivity contribution in [2.45, 2.75) is 25.7 Å². The van der Waals surface area contributed by atoms with Crippen LogP contribution in [0.5, 0.6) is 34.5 Å². The Balaban J connectivity index is 1.92. The van der Waals surface area contributed by atoms with Crippen molar-refractivity contribution in [1.82, 2.24) is 0 Å². The summed E-state index contributed by atoms with van der Waals surface area (Å²) in [7, 11) is 9.41. The first-order valence-corrected chi connectivity index (χ1v) is 12.4. The average Bonchev–Trinajstić information content (AvgIpc) is 2.95. The van der Waals surface area contributed by atoms with E-state index in [2.05, 4.69) is 13.0 Å².